The van der Waals surface area contributed by atoms with E-state index in [9.17, 15) is 18.3 Å². The Bertz CT molecular complexity index is 969. The van der Waals surface area contributed by atoms with Crippen molar-refractivity contribution >= 4 is 33.7 Å². The van der Waals surface area contributed by atoms with E-state index in [0.29, 0.717) is 23.4 Å². The number of phenolic OH excluding ortho intramolecular Hbond substituents is 1. The summed E-state index contributed by atoms with van der Waals surface area (Å²) in [4.78, 5) is 12.5. The highest BCUT2D eigenvalue weighted by molar-refractivity contribution is 7.89. The zero-order chi connectivity index (χ0) is 20.1. The maximum absolute atomic E-state index is 12.7. The van der Waals surface area contributed by atoms with Gasteiger partial charge in [-0.2, -0.15) is 9.41 Å². The van der Waals surface area contributed by atoms with Gasteiger partial charge in [0, 0.05) is 24.0 Å². The average molecular weight is 422 g/mol. The molecule has 9 heteroatoms. The highest BCUT2D eigenvalue weighted by Gasteiger charge is 2.32. The SMILES string of the molecule is O=C(N/N=C\c1cccc(O)c1)C1CCN(S(=O)(=O)c2ccc(Cl)cc2)CC1. The lowest BCUT2D eigenvalue weighted by atomic mass is 9.98. The molecule has 1 fully saturated rings. The number of hydrazone groups is 1. The van der Waals surface area contributed by atoms with Crippen LogP contribution in [0.4, 0.5) is 0 Å². The molecular formula is C19H20ClN3O4S. The summed E-state index contributed by atoms with van der Waals surface area (Å²) in [6.45, 7) is 0.526. The van der Waals surface area contributed by atoms with Crippen LogP contribution in [0, 0.1) is 5.92 Å². The van der Waals surface area contributed by atoms with Gasteiger partial charge in [0.2, 0.25) is 15.9 Å². The lowest BCUT2D eigenvalue weighted by Crippen LogP contribution is -2.42. The van der Waals surface area contributed by atoms with Crippen molar-refractivity contribution in [1.82, 2.24) is 9.73 Å². The zero-order valence-electron chi connectivity index (χ0n) is 15.0. The van der Waals surface area contributed by atoms with Crippen LogP contribution in [0.3, 0.4) is 0 Å². The molecule has 1 aliphatic rings. The molecule has 0 unspecified atom stereocenters. The highest BCUT2D eigenvalue weighted by atomic mass is 35.5. The molecule has 0 saturated carbocycles. The topological polar surface area (TPSA) is 99.1 Å². The summed E-state index contributed by atoms with van der Waals surface area (Å²) in [5.74, 6) is -0.442. The van der Waals surface area contributed by atoms with E-state index in [2.05, 4.69) is 10.5 Å². The number of amides is 1. The van der Waals surface area contributed by atoms with Gasteiger partial charge < -0.3 is 5.11 Å². The third-order valence-corrected chi connectivity index (χ3v) is 6.70. The van der Waals surface area contributed by atoms with Crippen molar-refractivity contribution in [3.8, 4) is 5.75 Å². The Kier molecular flexibility index (Phi) is 6.33. The van der Waals surface area contributed by atoms with Crippen LogP contribution in [0.25, 0.3) is 0 Å². The summed E-state index contributed by atoms with van der Waals surface area (Å²) in [5.41, 5.74) is 3.13. The van der Waals surface area contributed by atoms with Crippen LogP contribution >= 0.6 is 11.6 Å². The number of nitrogens with one attached hydrogen (secondary N) is 1. The normalized spacial score (nSPS) is 16.3. The molecule has 1 amide bonds. The van der Waals surface area contributed by atoms with Crippen LogP contribution in [0.1, 0.15) is 18.4 Å². The number of halogens is 1. The molecule has 2 N–H and O–H groups in total. The molecule has 7 nitrogen and oxygen atoms in total. The summed E-state index contributed by atoms with van der Waals surface area (Å²) in [5, 5.41) is 13.8. The van der Waals surface area contributed by atoms with Gasteiger partial charge in [-0.25, -0.2) is 13.8 Å². The molecule has 2 aromatic rings. The number of carbonyl (C=O) groups is 1. The number of aromatic hydroxyl groups is 1. The number of nitrogens with zero attached hydrogens (tertiary/aromatic N) is 2. The van der Waals surface area contributed by atoms with E-state index in [0.717, 1.165) is 0 Å². The predicted molar refractivity (Wildman–Crippen MR) is 107 cm³/mol. The van der Waals surface area contributed by atoms with E-state index < -0.39 is 10.0 Å². The van der Waals surface area contributed by atoms with Crippen molar-refractivity contribution in [2.45, 2.75) is 17.7 Å². The van der Waals surface area contributed by atoms with Crippen LogP contribution in [-0.4, -0.2) is 43.0 Å². The molecular weight excluding hydrogens is 402 g/mol. The minimum Gasteiger partial charge on any atom is -0.508 e. The third kappa shape index (κ3) is 4.89. The van der Waals surface area contributed by atoms with E-state index >= 15 is 0 Å². The van der Waals surface area contributed by atoms with Gasteiger partial charge in [0.15, 0.2) is 0 Å². The van der Waals surface area contributed by atoms with E-state index in [-0.39, 0.29) is 35.6 Å². The van der Waals surface area contributed by atoms with Gasteiger partial charge in [0.25, 0.3) is 0 Å². The first-order chi connectivity index (χ1) is 13.4. The lowest BCUT2D eigenvalue weighted by Gasteiger charge is -2.30. The van der Waals surface area contributed by atoms with E-state index in [4.69, 9.17) is 11.6 Å². The zero-order valence-corrected chi connectivity index (χ0v) is 16.5. The van der Waals surface area contributed by atoms with Crippen molar-refractivity contribution in [2.24, 2.45) is 11.0 Å². The molecule has 0 spiro atoms. The average Bonchev–Trinajstić information content (AvgIpc) is 2.68. The standard InChI is InChI=1S/C19H20ClN3O4S/c20-16-4-6-18(7-5-16)28(26,27)23-10-8-15(9-11-23)19(25)22-21-13-14-2-1-3-17(24)12-14/h1-7,12-13,15,24H,8-11H2,(H,22,25)/b21-13-. The van der Waals surface area contributed by atoms with Crippen LogP contribution in [0.2, 0.25) is 5.02 Å². The first-order valence-electron chi connectivity index (χ1n) is 8.74. The van der Waals surface area contributed by atoms with Gasteiger partial charge in [-0.15, -0.1) is 0 Å². The van der Waals surface area contributed by atoms with Crippen molar-refractivity contribution in [1.29, 1.82) is 0 Å². The molecule has 0 aliphatic carbocycles. The Morgan fingerprint density at radius 3 is 2.50 bits per heavy atom. The Morgan fingerprint density at radius 1 is 1.18 bits per heavy atom. The fourth-order valence-electron chi connectivity index (χ4n) is 2.98. The van der Waals surface area contributed by atoms with Gasteiger partial charge in [0.1, 0.15) is 5.75 Å². The Morgan fingerprint density at radius 2 is 1.86 bits per heavy atom. The van der Waals surface area contributed by atoms with Crippen LogP contribution in [0.5, 0.6) is 5.75 Å². The van der Waals surface area contributed by atoms with Crippen molar-refractivity contribution in [3.63, 3.8) is 0 Å². The van der Waals surface area contributed by atoms with E-state index in [1.54, 1.807) is 30.3 Å². The molecule has 1 aliphatic heterocycles. The third-order valence-electron chi connectivity index (χ3n) is 4.53. The molecule has 1 heterocycles. The second-order valence-corrected chi connectivity index (χ2v) is 8.84. The first-order valence-corrected chi connectivity index (χ1v) is 10.6. The summed E-state index contributed by atoms with van der Waals surface area (Å²) in [7, 11) is -3.60. The number of rotatable bonds is 5. The molecule has 3 rings (SSSR count). The van der Waals surface area contributed by atoms with Gasteiger partial charge in [-0.3, -0.25) is 4.79 Å². The molecule has 0 atom stereocenters. The second kappa shape index (κ2) is 8.72. The minimum absolute atomic E-state index is 0.115. The van der Waals surface area contributed by atoms with Crippen molar-refractivity contribution in [2.75, 3.05) is 13.1 Å². The predicted octanol–water partition coefficient (Wildman–Crippen LogP) is 2.60. The minimum atomic E-state index is -3.60. The number of benzene rings is 2. The number of carbonyl (C=O) groups excluding carboxylic acids is 1. The van der Waals surface area contributed by atoms with Gasteiger partial charge in [0.05, 0.1) is 11.1 Å². The quantitative estimate of drug-likeness (QED) is 0.572. The highest BCUT2D eigenvalue weighted by Crippen LogP contribution is 2.24. The van der Waals surface area contributed by atoms with Crippen molar-refractivity contribution in [3.05, 3.63) is 59.1 Å². The first kappa shape index (κ1) is 20.3. The second-order valence-electron chi connectivity index (χ2n) is 6.46. The van der Waals surface area contributed by atoms with Gasteiger partial charge in [-0.1, -0.05) is 23.7 Å². The Labute approximate surface area is 168 Å². The molecule has 148 valence electrons. The van der Waals surface area contributed by atoms with E-state index in [1.807, 2.05) is 0 Å². The molecule has 0 aromatic heterocycles. The van der Waals surface area contributed by atoms with Crippen LogP contribution < -0.4 is 5.43 Å². The molecule has 0 radical (unpaired) electrons. The largest absolute Gasteiger partial charge is 0.508 e. The molecule has 28 heavy (non-hydrogen) atoms. The van der Waals surface area contributed by atoms with E-state index in [1.165, 1.54) is 28.7 Å². The summed E-state index contributed by atoms with van der Waals surface area (Å²) in [6.07, 6.45) is 2.28. The monoisotopic (exact) mass is 421 g/mol. The number of phenols is 1. The van der Waals surface area contributed by atoms with Gasteiger partial charge >= 0.3 is 0 Å². The molecule has 0 bridgehead atoms. The van der Waals surface area contributed by atoms with Crippen LogP contribution in [0.15, 0.2) is 58.5 Å². The fraction of sp³-hybridized carbons (Fsp3) is 0.263. The maximum Gasteiger partial charge on any atom is 0.243 e. The number of hydrogen-bond acceptors (Lipinski definition) is 5. The van der Waals surface area contributed by atoms with Crippen LogP contribution in [-0.2, 0) is 14.8 Å². The fourth-order valence-corrected chi connectivity index (χ4v) is 4.58. The summed E-state index contributed by atoms with van der Waals surface area (Å²) >= 11 is 5.81. The maximum atomic E-state index is 12.7. The summed E-state index contributed by atoms with van der Waals surface area (Å²) < 4.78 is 26.7. The Balaban J connectivity index is 1.54. The summed E-state index contributed by atoms with van der Waals surface area (Å²) in [6, 6.07) is 12.5. The number of hydrogen-bond donors (Lipinski definition) is 2. The smallest absolute Gasteiger partial charge is 0.243 e. The van der Waals surface area contributed by atoms with Crippen molar-refractivity contribution < 1.29 is 18.3 Å². The van der Waals surface area contributed by atoms with Gasteiger partial charge in [-0.05, 0) is 54.8 Å². The molecule has 1 saturated heterocycles. The molecule has 2 aromatic carbocycles. The lowest BCUT2D eigenvalue weighted by molar-refractivity contribution is -0.126. The number of sulfonamides is 1. The number of piperidine rings is 1. The Hall–Kier alpha value is -2.42.